The second-order valence-electron chi connectivity index (χ2n) is 6.51. The van der Waals surface area contributed by atoms with Crippen molar-refractivity contribution < 1.29 is 23.6 Å². The predicted molar refractivity (Wildman–Crippen MR) is 119 cm³/mol. The zero-order chi connectivity index (χ0) is 23.1. The molecule has 12 heteroatoms. The van der Waals surface area contributed by atoms with Crippen LogP contribution in [-0.4, -0.2) is 47.7 Å². The molecule has 0 aliphatic heterocycles. The van der Waals surface area contributed by atoms with Crippen LogP contribution in [-0.2, 0) is 9.53 Å². The molecule has 0 bridgehead atoms. The van der Waals surface area contributed by atoms with Gasteiger partial charge in [0.15, 0.2) is 5.75 Å². The van der Waals surface area contributed by atoms with E-state index in [1.165, 1.54) is 37.7 Å². The molecule has 2 aromatic carbocycles. The molecule has 0 aliphatic carbocycles. The molecule has 168 valence electrons. The molecule has 0 atom stereocenters. The summed E-state index contributed by atoms with van der Waals surface area (Å²) in [5, 5.41) is 17.4. The van der Waals surface area contributed by atoms with Crippen LogP contribution in [0.3, 0.4) is 0 Å². The van der Waals surface area contributed by atoms with E-state index in [4.69, 9.17) is 9.47 Å². The van der Waals surface area contributed by atoms with E-state index in [2.05, 4.69) is 36.5 Å². The average molecular weight is 508 g/mol. The van der Waals surface area contributed by atoms with Crippen molar-refractivity contribution in [2.75, 3.05) is 32.2 Å². The van der Waals surface area contributed by atoms with Gasteiger partial charge in [0, 0.05) is 30.1 Å². The fourth-order valence-corrected chi connectivity index (χ4v) is 3.12. The Kier molecular flexibility index (Phi) is 7.84. The van der Waals surface area contributed by atoms with Gasteiger partial charge in [-0.2, -0.15) is 0 Å². The first-order valence-electron chi connectivity index (χ1n) is 9.42. The van der Waals surface area contributed by atoms with Crippen molar-refractivity contribution in [3.05, 3.63) is 57.1 Å². The maximum Gasteiger partial charge on any atom is 0.311 e. The molecular weight excluding hydrogens is 489 g/mol. The molecule has 2 N–H and O–H groups in total. The van der Waals surface area contributed by atoms with Crippen LogP contribution in [0.1, 0.15) is 6.42 Å². The number of hydrogen-bond acceptors (Lipinski definition) is 8. The van der Waals surface area contributed by atoms with Crippen LogP contribution in [0.4, 0.5) is 21.6 Å². The minimum Gasteiger partial charge on any atom is -0.485 e. The van der Waals surface area contributed by atoms with E-state index in [9.17, 15) is 19.3 Å². The molecule has 3 rings (SSSR count). The summed E-state index contributed by atoms with van der Waals surface area (Å²) >= 11 is 3.19. The first-order chi connectivity index (χ1) is 15.4. The molecule has 0 fully saturated rings. The zero-order valence-corrected chi connectivity index (χ0v) is 18.5. The van der Waals surface area contributed by atoms with Crippen LogP contribution >= 0.6 is 15.9 Å². The second kappa shape index (κ2) is 10.8. The van der Waals surface area contributed by atoms with Gasteiger partial charge in [0.1, 0.15) is 24.6 Å². The normalized spacial score (nSPS) is 10.7. The Morgan fingerprint density at radius 3 is 2.78 bits per heavy atom. The molecular formula is C20H19BrFN5O5. The number of hydrogen-bond donors (Lipinski definition) is 2. The number of ether oxygens (including phenoxy) is 2. The fourth-order valence-electron chi connectivity index (χ4n) is 2.78. The molecule has 3 aromatic rings. The number of anilines is 2. The van der Waals surface area contributed by atoms with E-state index < -0.39 is 10.7 Å². The molecule has 0 spiro atoms. The summed E-state index contributed by atoms with van der Waals surface area (Å²) in [7, 11) is 1.50. The number of rotatable bonds is 10. The summed E-state index contributed by atoms with van der Waals surface area (Å²) < 4.78 is 25.1. The maximum atomic E-state index is 14.2. The largest absolute Gasteiger partial charge is 0.485 e. The second-order valence-corrected chi connectivity index (χ2v) is 7.42. The number of fused-ring (bicyclic) bond motifs is 1. The number of nitro groups is 1. The van der Waals surface area contributed by atoms with Gasteiger partial charge in [0.2, 0.25) is 5.91 Å². The van der Waals surface area contributed by atoms with Crippen LogP contribution in [0.5, 0.6) is 5.75 Å². The Morgan fingerprint density at radius 2 is 2.06 bits per heavy atom. The topological polar surface area (TPSA) is 129 Å². The smallest absolute Gasteiger partial charge is 0.311 e. The van der Waals surface area contributed by atoms with E-state index in [0.717, 1.165) is 0 Å². The zero-order valence-electron chi connectivity index (χ0n) is 16.9. The van der Waals surface area contributed by atoms with Crippen LogP contribution in [0.25, 0.3) is 10.9 Å². The Balaban J connectivity index is 1.81. The maximum absolute atomic E-state index is 14.2. The lowest BCUT2D eigenvalue weighted by molar-refractivity contribution is -0.385. The molecule has 0 saturated heterocycles. The Bertz CT molecular complexity index is 1150. The number of nitro benzene ring substituents is 1. The quantitative estimate of drug-likeness (QED) is 0.241. The summed E-state index contributed by atoms with van der Waals surface area (Å²) in [5.74, 6) is -0.537. The van der Waals surface area contributed by atoms with Gasteiger partial charge in [-0.05, 0) is 18.2 Å². The van der Waals surface area contributed by atoms with Gasteiger partial charge < -0.3 is 20.1 Å². The van der Waals surface area contributed by atoms with Gasteiger partial charge in [0.25, 0.3) is 0 Å². The Labute approximate surface area is 190 Å². The van der Waals surface area contributed by atoms with Crippen LogP contribution in [0, 0.1) is 15.9 Å². The highest BCUT2D eigenvalue weighted by atomic mass is 79.9. The number of halogens is 2. The lowest BCUT2D eigenvalue weighted by atomic mass is 10.2. The third-order valence-corrected chi connectivity index (χ3v) is 4.81. The predicted octanol–water partition coefficient (Wildman–Crippen LogP) is 3.71. The van der Waals surface area contributed by atoms with Crippen LogP contribution in [0.2, 0.25) is 0 Å². The third kappa shape index (κ3) is 5.86. The number of methoxy groups -OCH3 is 1. The highest BCUT2D eigenvalue weighted by Crippen LogP contribution is 2.35. The van der Waals surface area contributed by atoms with Gasteiger partial charge in [-0.1, -0.05) is 15.9 Å². The average Bonchev–Trinajstić information content (AvgIpc) is 2.76. The molecule has 0 saturated carbocycles. The Hall–Kier alpha value is -3.38. The van der Waals surface area contributed by atoms with Gasteiger partial charge >= 0.3 is 5.69 Å². The van der Waals surface area contributed by atoms with Crippen molar-refractivity contribution in [2.24, 2.45) is 0 Å². The van der Waals surface area contributed by atoms with E-state index in [0.29, 0.717) is 22.0 Å². The van der Waals surface area contributed by atoms with Crippen molar-refractivity contribution in [2.45, 2.75) is 6.42 Å². The number of nitrogens with zero attached hydrogens (tertiary/aromatic N) is 3. The lowest BCUT2D eigenvalue weighted by Gasteiger charge is -2.12. The summed E-state index contributed by atoms with van der Waals surface area (Å²) in [6.07, 6.45) is 1.46. The summed E-state index contributed by atoms with van der Waals surface area (Å²) in [6.45, 7) is 0.478. The highest BCUT2D eigenvalue weighted by Gasteiger charge is 2.20. The van der Waals surface area contributed by atoms with Gasteiger partial charge in [-0.25, -0.2) is 14.4 Å². The van der Waals surface area contributed by atoms with Crippen LogP contribution < -0.4 is 15.4 Å². The van der Waals surface area contributed by atoms with Crippen molar-refractivity contribution >= 4 is 49.9 Å². The van der Waals surface area contributed by atoms with Crippen molar-refractivity contribution in [1.29, 1.82) is 0 Å². The number of benzene rings is 2. The fraction of sp³-hybridized carbons (Fsp3) is 0.250. The van der Waals surface area contributed by atoms with E-state index in [-0.39, 0.29) is 48.4 Å². The van der Waals surface area contributed by atoms with Gasteiger partial charge in [-0.15, -0.1) is 0 Å². The van der Waals surface area contributed by atoms with Crippen molar-refractivity contribution in [3.8, 4) is 5.75 Å². The molecule has 1 aromatic heterocycles. The standard InChI is InChI=1S/C20H19BrFN5O5/c1-31-6-4-19(28)23-5-7-32-18-10-16-13(9-17(18)27(29)30)20(25-11-24-16)26-15-3-2-12(21)8-14(15)22/h2-3,8-11H,4-7H2,1H3,(H,23,28)(H,24,25,26). The highest BCUT2D eigenvalue weighted by molar-refractivity contribution is 9.10. The first-order valence-corrected chi connectivity index (χ1v) is 10.2. The number of carbonyl (C=O) groups is 1. The van der Waals surface area contributed by atoms with Crippen molar-refractivity contribution in [1.82, 2.24) is 15.3 Å². The van der Waals surface area contributed by atoms with E-state index in [1.807, 2.05) is 0 Å². The number of nitrogens with one attached hydrogen (secondary N) is 2. The summed E-state index contributed by atoms with van der Waals surface area (Å²) in [6, 6.07) is 7.12. The van der Waals surface area contributed by atoms with E-state index >= 15 is 0 Å². The van der Waals surface area contributed by atoms with E-state index in [1.54, 1.807) is 6.07 Å². The lowest BCUT2D eigenvalue weighted by Crippen LogP contribution is -2.28. The molecule has 10 nitrogen and oxygen atoms in total. The monoisotopic (exact) mass is 507 g/mol. The minimum atomic E-state index is -0.594. The molecule has 0 unspecified atom stereocenters. The third-order valence-electron chi connectivity index (χ3n) is 4.31. The molecule has 0 radical (unpaired) electrons. The molecule has 0 aliphatic rings. The number of amides is 1. The molecule has 1 amide bonds. The Morgan fingerprint density at radius 1 is 1.25 bits per heavy atom. The van der Waals surface area contributed by atoms with Gasteiger partial charge in [0.05, 0.1) is 34.7 Å². The number of aromatic nitrogens is 2. The first kappa shape index (κ1) is 23.3. The van der Waals surface area contributed by atoms with Gasteiger partial charge in [-0.3, -0.25) is 14.9 Å². The summed E-state index contributed by atoms with van der Waals surface area (Å²) in [5.41, 5.74) is 0.211. The molecule has 1 heterocycles. The molecule has 32 heavy (non-hydrogen) atoms. The van der Waals surface area contributed by atoms with Crippen LogP contribution in [0.15, 0.2) is 41.1 Å². The SMILES string of the molecule is COCCC(=O)NCCOc1cc2ncnc(Nc3ccc(Br)cc3F)c2cc1[N+](=O)[O-]. The van der Waals surface area contributed by atoms with Crippen molar-refractivity contribution in [3.63, 3.8) is 0 Å². The number of carbonyl (C=O) groups excluding carboxylic acids is 1. The summed E-state index contributed by atoms with van der Waals surface area (Å²) in [4.78, 5) is 30.8. The minimum absolute atomic E-state index is 0.00638.